The zero-order valence-electron chi connectivity index (χ0n) is 11.6. The summed E-state index contributed by atoms with van der Waals surface area (Å²) in [5.74, 6) is -1.16. The Balaban J connectivity index is 2.83. The van der Waals surface area contributed by atoms with Crippen molar-refractivity contribution in [2.75, 3.05) is 0 Å². The van der Waals surface area contributed by atoms with Crippen molar-refractivity contribution in [3.63, 3.8) is 0 Å². The molecule has 106 valence electrons. The molecular formula is C14H19BrFNO2. The van der Waals surface area contributed by atoms with Crippen molar-refractivity contribution >= 4 is 21.9 Å². The lowest BCUT2D eigenvalue weighted by Gasteiger charge is -2.39. The fourth-order valence-electron chi connectivity index (χ4n) is 1.47. The highest BCUT2D eigenvalue weighted by molar-refractivity contribution is 9.10. The van der Waals surface area contributed by atoms with Gasteiger partial charge in [0.25, 0.3) is 0 Å². The molecule has 3 nitrogen and oxygen atoms in total. The number of carboxylic acids is 1. The van der Waals surface area contributed by atoms with Gasteiger partial charge in [-0.15, -0.1) is 0 Å². The van der Waals surface area contributed by atoms with Gasteiger partial charge in [-0.2, -0.15) is 0 Å². The SMILES string of the molecule is CC(C)(NCc1ccc(F)cc1Br)C(C)(C)C(=O)O. The van der Waals surface area contributed by atoms with E-state index in [4.69, 9.17) is 0 Å². The van der Waals surface area contributed by atoms with Crippen LogP contribution in [0.2, 0.25) is 0 Å². The lowest BCUT2D eigenvalue weighted by molar-refractivity contribution is -0.151. The highest BCUT2D eigenvalue weighted by Crippen LogP contribution is 2.31. The first kappa shape index (κ1) is 16.1. The molecule has 0 aromatic heterocycles. The van der Waals surface area contributed by atoms with Gasteiger partial charge < -0.3 is 10.4 Å². The largest absolute Gasteiger partial charge is 0.481 e. The van der Waals surface area contributed by atoms with Gasteiger partial charge in [0.05, 0.1) is 5.41 Å². The lowest BCUT2D eigenvalue weighted by Crippen LogP contribution is -2.54. The van der Waals surface area contributed by atoms with E-state index in [1.54, 1.807) is 19.9 Å². The van der Waals surface area contributed by atoms with E-state index in [0.29, 0.717) is 11.0 Å². The van der Waals surface area contributed by atoms with Crippen LogP contribution in [0.3, 0.4) is 0 Å². The number of aliphatic carboxylic acids is 1. The van der Waals surface area contributed by atoms with Crippen LogP contribution in [-0.4, -0.2) is 16.6 Å². The Morgan fingerprint density at radius 2 is 1.95 bits per heavy atom. The molecule has 0 bridgehead atoms. The standard InChI is InChI=1S/C14H19BrFNO2/c1-13(2,12(18)19)14(3,4)17-8-9-5-6-10(16)7-11(9)15/h5-7,17H,8H2,1-4H3,(H,18,19). The third-order valence-corrected chi connectivity index (χ3v) is 4.57. The van der Waals surface area contributed by atoms with E-state index in [1.807, 2.05) is 13.8 Å². The number of hydrogen-bond donors (Lipinski definition) is 2. The third-order valence-electron chi connectivity index (χ3n) is 3.83. The first-order chi connectivity index (χ1) is 8.58. The molecule has 0 saturated heterocycles. The van der Waals surface area contributed by atoms with E-state index in [0.717, 1.165) is 5.56 Å². The second-order valence-electron chi connectivity index (χ2n) is 5.64. The normalized spacial score (nSPS) is 12.5. The topological polar surface area (TPSA) is 49.3 Å². The number of hydrogen-bond acceptors (Lipinski definition) is 2. The third kappa shape index (κ3) is 3.54. The minimum atomic E-state index is -0.917. The van der Waals surface area contributed by atoms with Gasteiger partial charge in [-0.3, -0.25) is 4.79 Å². The molecule has 5 heteroatoms. The molecule has 0 aliphatic rings. The number of rotatable bonds is 5. The summed E-state index contributed by atoms with van der Waals surface area (Å²) in [4.78, 5) is 11.3. The Hall–Kier alpha value is -0.940. The number of nitrogens with one attached hydrogen (secondary N) is 1. The fraction of sp³-hybridized carbons (Fsp3) is 0.500. The van der Waals surface area contributed by atoms with Crippen molar-refractivity contribution in [1.82, 2.24) is 5.32 Å². The smallest absolute Gasteiger partial charge is 0.310 e. The predicted molar refractivity (Wildman–Crippen MR) is 76.4 cm³/mol. The summed E-state index contributed by atoms with van der Waals surface area (Å²) in [5, 5.41) is 12.5. The van der Waals surface area contributed by atoms with Crippen LogP contribution < -0.4 is 5.32 Å². The van der Waals surface area contributed by atoms with Crippen molar-refractivity contribution in [1.29, 1.82) is 0 Å². The van der Waals surface area contributed by atoms with Crippen molar-refractivity contribution in [2.45, 2.75) is 39.8 Å². The van der Waals surface area contributed by atoms with Gasteiger partial charge in [0.2, 0.25) is 0 Å². The lowest BCUT2D eigenvalue weighted by atomic mass is 9.74. The summed E-state index contributed by atoms with van der Waals surface area (Å²) in [7, 11) is 0. The summed E-state index contributed by atoms with van der Waals surface area (Å²) in [6.07, 6.45) is 0. The van der Waals surface area contributed by atoms with E-state index < -0.39 is 16.9 Å². The summed E-state index contributed by atoms with van der Waals surface area (Å²) in [6.45, 7) is 7.52. The van der Waals surface area contributed by atoms with Crippen molar-refractivity contribution in [3.8, 4) is 0 Å². The van der Waals surface area contributed by atoms with Crippen molar-refractivity contribution < 1.29 is 14.3 Å². The first-order valence-corrected chi connectivity index (χ1v) is 6.79. The summed E-state index contributed by atoms with van der Waals surface area (Å²) < 4.78 is 13.7. The molecule has 0 spiro atoms. The van der Waals surface area contributed by atoms with Crippen LogP contribution in [0.1, 0.15) is 33.3 Å². The average molecular weight is 332 g/mol. The number of carbonyl (C=O) groups is 1. The van der Waals surface area contributed by atoms with Crippen LogP contribution in [0.4, 0.5) is 4.39 Å². The molecule has 1 rings (SSSR count). The van der Waals surface area contributed by atoms with E-state index in [-0.39, 0.29) is 5.82 Å². The highest BCUT2D eigenvalue weighted by atomic mass is 79.9. The molecule has 2 N–H and O–H groups in total. The Kier molecular flexibility index (Phi) is 4.74. The van der Waals surface area contributed by atoms with Gasteiger partial charge in [-0.1, -0.05) is 22.0 Å². The zero-order valence-corrected chi connectivity index (χ0v) is 13.1. The fourth-order valence-corrected chi connectivity index (χ4v) is 1.96. The number of carboxylic acid groups (broad SMARTS) is 1. The molecule has 0 fully saturated rings. The molecule has 0 atom stereocenters. The van der Waals surface area contributed by atoms with E-state index in [2.05, 4.69) is 21.2 Å². The van der Waals surface area contributed by atoms with Gasteiger partial charge >= 0.3 is 5.97 Å². The molecule has 0 aliphatic heterocycles. The molecule has 0 saturated carbocycles. The van der Waals surface area contributed by atoms with Crippen LogP contribution >= 0.6 is 15.9 Å². The second-order valence-corrected chi connectivity index (χ2v) is 6.50. The first-order valence-electron chi connectivity index (χ1n) is 6.00. The highest BCUT2D eigenvalue weighted by Gasteiger charge is 2.43. The number of benzene rings is 1. The summed E-state index contributed by atoms with van der Waals surface area (Å²) in [5.41, 5.74) is -0.637. The maximum absolute atomic E-state index is 13.0. The summed E-state index contributed by atoms with van der Waals surface area (Å²) >= 11 is 3.30. The van der Waals surface area contributed by atoms with Crippen LogP contribution in [0.15, 0.2) is 22.7 Å². The van der Waals surface area contributed by atoms with Crippen LogP contribution in [0.5, 0.6) is 0 Å². The van der Waals surface area contributed by atoms with Crippen molar-refractivity contribution in [2.24, 2.45) is 5.41 Å². The maximum atomic E-state index is 13.0. The van der Waals surface area contributed by atoms with Gasteiger partial charge in [0.15, 0.2) is 0 Å². The van der Waals surface area contributed by atoms with E-state index in [9.17, 15) is 14.3 Å². The Bertz CT molecular complexity index is 486. The Labute approximate surface area is 121 Å². The Morgan fingerprint density at radius 3 is 2.42 bits per heavy atom. The van der Waals surface area contributed by atoms with Crippen molar-refractivity contribution in [3.05, 3.63) is 34.1 Å². The molecule has 19 heavy (non-hydrogen) atoms. The predicted octanol–water partition coefficient (Wildman–Crippen LogP) is 3.57. The van der Waals surface area contributed by atoms with Gasteiger partial charge in [-0.05, 0) is 45.4 Å². The minimum absolute atomic E-state index is 0.305. The van der Waals surface area contributed by atoms with Crippen LogP contribution in [0.25, 0.3) is 0 Å². The minimum Gasteiger partial charge on any atom is -0.481 e. The molecule has 0 unspecified atom stereocenters. The van der Waals surface area contributed by atoms with Gasteiger partial charge in [-0.25, -0.2) is 4.39 Å². The Morgan fingerprint density at radius 1 is 1.37 bits per heavy atom. The number of halogens is 2. The van der Waals surface area contributed by atoms with Crippen LogP contribution in [-0.2, 0) is 11.3 Å². The summed E-state index contributed by atoms with van der Waals surface area (Å²) in [6, 6.07) is 4.46. The van der Waals surface area contributed by atoms with Gasteiger partial charge in [0, 0.05) is 16.6 Å². The molecule has 0 radical (unpaired) electrons. The maximum Gasteiger partial charge on any atom is 0.310 e. The van der Waals surface area contributed by atoms with Gasteiger partial charge in [0.1, 0.15) is 5.82 Å². The molecule has 0 heterocycles. The molecule has 1 aromatic carbocycles. The average Bonchev–Trinajstić information content (AvgIpc) is 2.27. The van der Waals surface area contributed by atoms with E-state index in [1.165, 1.54) is 12.1 Å². The quantitative estimate of drug-likeness (QED) is 0.867. The van der Waals surface area contributed by atoms with E-state index >= 15 is 0 Å². The van der Waals surface area contributed by atoms with Crippen LogP contribution in [0, 0.1) is 11.2 Å². The molecule has 0 aliphatic carbocycles. The monoisotopic (exact) mass is 331 g/mol. The molecule has 0 amide bonds. The zero-order chi connectivity index (χ0) is 14.8. The molecular weight excluding hydrogens is 313 g/mol. The molecule has 1 aromatic rings. The second kappa shape index (κ2) is 5.59.